The van der Waals surface area contributed by atoms with Crippen LogP contribution >= 0.6 is 0 Å². The van der Waals surface area contributed by atoms with Crippen molar-refractivity contribution in [1.82, 2.24) is 19.9 Å². The first-order valence-corrected chi connectivity index (χ1v) is 11.2. The number of aromatic nitrogens is 3. The molecule has 6 nitrogen and oxygen atoms in total. The fourth-order valence-electron chi connectivity index (χ4n) is 4.50. The van der Waals surface area contributed by atoms with E-state index in [1.807, 2.05) is 43.5 Å². The molecule has 162 valence electrons. The fraction of sp³-hybridized carbons (Fsp3) is 0.269. The number of aromatic amines is 1. The summed E-state index contributed by atoms with van der Waals surface area (Å²) in [6, 6.07) is 18.3. The summed E-state index contributed by atoms with van der Waals surface area (Å²) in [5.41, 5.74) is 4.44. The van der Waals surface area contributed by atoms with Crippen molar-refractivity contribution in [1.29, 1.82) is 0 Å². The first kappa shape index (κ1) is 20.4. The lowest BCUT2D eigenvalue weighted by molar-refractivity contribution is 0.102. The molecule has 1 aliphatic heterocycles. The normalized spacial score (nSPS) is 16.8. The van der Waals surface area contributed by atoms with Gasteiger partial charge >= 0.3 is 0 Å². The molecule has 1 atom stereocenters. The van der Waals surface area contributed by atoms with Gasteiger partial charge in [0.1, 0.15) is 5.82 Å². The van der Waals surface area contributed by atoms with Gasteiger partial charge in [-0.25, -0.2) is 9.97 Å². The minimum Gasteiger partial charge on any atom is -0.361 e. The molecule has 0 saturated carbocycles. The highest BCUT2D eigenvalue weighted by molar-refractivity contribution is 6.04. The summed E-state index contributed by atoms with van der Waals surface area (Å²) in [5.74, 6) is 0.627. The number of nitrogens with one attached hydrogen (secondary N) is 2. The smallest absolute Gasteiger partial charge is 0.259 e. The van der Waals surface area contributed by atoms with E-state index in [-0.39, 0.29) is 11.9 Å². The number of nitrogens with zero attached hydrogens (tertiary/aromatic N) is 3. The van der Waals surface area contributed by atoms with Crippen LogP contribution in [0.15, 0.2) is 67.0 Å². The summed E-state index contributed by atoms with van der Waals surface area (Å²) < 4.78 is 0. The van der Waals surface area contributed by atoms with E-state index in [4.69, 9.17) is 4.98 Å². The summed E-state index contributed by atoms with van der Waals surface area (Å²) in [7, 11) is 0. The van der Waals surface area contributed by atoms with Crippen LogP contribution in [0.4, 0.5) is 5.69 Å². The van der Waals surface area contributed by atoms with Gasteiger partial charge in [-0.1, -0.05) is 30.7 Å². The van der Waals surface area contributed by atoms with E-state index in [2.05, 4.69) is 44.5 Å². The van der Waals surface area contributed by atoms with E-state index >= 15 is 0 Å². The van der Waals surface area contributed by atoms with E-state index in [1.54, 1.807) is 6.20 Å². The van der Waals surface area contributed by atoms with E-state index in [9.17, 15) is 4.79 Å². The molecule has 4 aromatic rings. The second kappa shape index (κ2) is 8.93. The van der Waals surface area contributed by atoms with Crippen molar-refractivity contribution in [2.45, 2.75) is 38.8 Å². The molecule has 0 spiro atoms. The number of aryl methyl sites for hydroxylation is 1. The Labute approximate surface area is 187 Å². The van der Waals surface area contributed by atoms with Crippen molar-refractivity contribution in [2.24, 2.45) is 0 Å². The lowest BCUT2D eigenvalue weighted by Crippen LogP contribution is -2.34. The van der Waals surface area contributed by atoms with Gasteiger partial charge in [-0.05, 0) is 67.6 Å². The minimum atomic E-state index is -0.180. The summed E-state index contributed by atoms with van der Waals surface area (Å²) in [6.07, 6.45) is 7.02. The zero-order chi connectivity index (χ0) is 21.9. The van der Waals surface area contributed by atoms with Gasteiger partial charge in [-0.3, -0.25) is 9.69 Å². The number of para-hydroxylation sites is 1. The summed E-state index contributed by atoms with van der Waals surface area (Å²) in [4.78, 5) is 27.8. The summed E-state index contributed by atoms with van der Waals surface area (Å²) in [5, 5.41) is 4.15. The van der Waals surface area contributed by atoms with Gasteiger partial charge in [0.2, 0.25) is 0 Å². The van der Waals surface area contributed by atoms with E-state index in [0.717, 1.165) is 43.0 Å². The van der Waals surface area contributed by atoms with Crippen molar-refractivity contribution in [3.8, 4) is 0 Å². The predicted molar refractivity (Wildman–Crippen MR) is 126 cm³/mol. The number of benzene rings is 2. The third-order valence-electron chi connectivity index (χ3n) is 6.19. The van der Waals surface area contributed by atoms with Crippen LogP contribution in [0.5, 0.6) is 0 Å². The first-order valence-electron chi connectivity index (χ1n) is 11.2. The molecular weight excluding hydrogens is 398 g/mol. The number of rotatable bonds is 5. The van der Waals surface area contributed by atoms with Crippen molar-refractivity contribution in [3.05, 3.63) is 89.6 Å². The largest absolute Gasteiger partial charge is 0.361 e. The standard InChI is InChI=1S/C26H27N5O/c1-18-22(26(32)30-21-7-3-2-4-8-21)16-28-25(29-18)24-9-5-6-14-31(24)17-19-10-11-23-20(15-19)12-13-27-23/h2-4,7-8,10-13,15-16,24,27H,5-6,9,14,17H2,1H3,(H,30,32)/t24-/m0/s1. The number of carbonyl (C=O) groups excluding carboxylic acids is 1. The predicted octanol–water partition coefficient (Wildman–Crippen LogP) is 5.25. The number of hydrogen-bond donors (Lipinski definition) is 2. The van der Waals surface area contributed by atoms with Crippen molar-refractivity contribution in [2.75, 3.05) is 11.9 Å². The number of fused-ring (bicyclic) bond motifs is 1. The number of piperidine rings is 1. The summed E-state index contributed by atoms with van der Waals surface area (Å²) in [6.45, 7) is 3.77. The maximum atomic E-state index is 12.7. The molecule has 0 aliphatic carbocycles. The SMILES string of the molecule is Cc1nc([C@@H]2CCCCN2Cc2ccc3[nH]ccc3c2)ncc1C(=O)Nc1ccccc1. The van der Waals surface area contributed by atoms with E-state index in [1.165, 1.54) is 17.4 Å². The number of anilines is 1. The topological polar surface area (TPSA) is 73.9 Å². The number of carbonyl (C=O) groups is 1. The second-order valence-electron chi connectivity index (χ2n) is 8.43. The Morgan fingerprint density at radius 3 is 2.88 bits per heavy atom. The molecule has 1 aliphatic rings. The molecule has 2 N–H and O–H groups in total. The Morgan fingerprint density at radius 2 is 2.03 bits per heavy atom. The van der Waals surface area contributed by atoms with E-state index < -0.39 is 0 Å². The Morgan fingerprint density at radius 1 is 1.16 bits per heavy atom. The Kier molecular flexibility index (Phi) is 5.69. The molecule has 0 unspecified atom stereocenters. The molecule has 1 saturated heterocycles. The maximum absolute atomic E-state index is 12.7. The zero-order valence-electron chi connectivity index (χ0n) is 18.2. The molecule has 1 fully saturated rings. The minimum absolute atomic E-state index is 0.163. The van der Waals surface area contributed by atoms with Crippen molar-refractivity contribution in [3.63, 3.8) is 0 Å². The molecular formula is C26H27N5O. The molecule has 32 heavy (non-hydrogen) atoms. The fourth-order valence-corrected chi connectivity index (χ4v) is 4.50. The lowest BCUT2D eigenvalue weighted by atomic mass is 10.00. The van der Waals surface area contributed by atoms with Gasteiger partial charge in [0.25, 0.3) is 5.91 Å². The quantitative estimate of drug-likeness (QED) is 0.458. The second-order valence-corrected chi connectivity index (χ2v) is 8.43. The zero-order valence-corrected chi connectivity index (χ0v) is 18.2. The molecule has 2 aromatic carbocycles. The van der Waals surface area contributed by atoms with Crippen molar-refractivity contribution >= 4 is 22.5 Å². The molecule has 5 rings (SSSR count). The third-order valence-corrected chi connectivity index (χ3v) is 6.19. The van der Waals surface area contributed by atoms with Gasteiger partial charge < -0.3 is 10.3 Å². The lowest BCUT2D eigenvalue weighted by Gasteiger charge is -2.35. The third kappa shape index (κ3) is 4.27. The highest BCUT2D eigenvalue weighted by Gasteiger charge is 2.27. The van der Waals surface area contributed by atoms with Crippen LogP contribution in [-0.4, -0.2) is 32.3 Å². The van der Waals surface area contributed by atoms with Crippen LogP contribution < -0.4 is 5.32 Å². The molecule has 2 aromatic heterocycles. The number of H-pyrrole nitrogens is 1. The van der Waals surface area contributed by atoms with Crippen molar-refractivity contribution < 1.29 is 4.79 Å². The highest BCUT2D eigenvalue weighted by Crippen LogP contribution is 2.31. The maximum Gasteiger partial charge on any atom is 0.259 e. The van der Waals surface area contributed by atoms with Gasteiger partial charge in [0.15, 0.2) is 0 Å². The highest BCUT2D eigenvalue weighted by atomic mass is 16.1. The van der Waals surface area contributed by atoms with Gasteiger partial charge in [-0.15, -0.1) is 0 Å². The Hall–Kier alpha value is -3.51. The summed E-state index contributed by atoms with van der Waals surface area (Å²) >= 11 is 0. The van der Waals surface area contributed by atoms with Gasteiger partial charge in [0.05, 0.1) is 17.3 Å². The van der Waals surface area contributed by atoms with Crippen LogP contribution in [0.3, 0.4) is 0 Å². The van der Waals surface area contributed by atoms with Gasteiger partial charge in [0, 0.05) is 30.1 Å². The van der Waals surface area contributed by atoms with Crippen LogP contribution in [0.1, 0.15) is 52.7 Å². The molecule has 6 heteroatoms. The first-order chi connectivity index (χ1) is 15.7. The molecule has 0 radical (unpaired) electrons. The average Bonchev–Trinajstić information content (AvgIpc) is 3.28. The average molecular weight is 426 g/mol. The molecule has 0 bridgehead atoms. The van der Waals surface area contributed by atoms with Crippen LogP contribution in [-0.2, 0) is 6.54 Å². The number of amides is 1. The number of hydrogen-bond acceptors (Lipinski definition) is 4. The number of likely N-dealkylation sites (tertiary alicyclic amines) is 1. The Balaban J connectivity index is 1.34. The van der Waals surface area contributed by atoms with Crippen LogP contribution in [0, 0.1) is 6.92 Å². The van der Waals surface area contributed by atoms with E-state index in [0.29, 0.717) is 11.3 Å². The molecule has 1 amide bonds. The molecule has 3 heterocycles. The van der Waals surface area contributed by atoms with Crippen LogP contribution in [0.2, 0.25) is 0 Å². The van der Waals surface area contributed by atoms with Gasteiger partial charge in [-0.2, -0.15) is 0 Å². The Bertz CT molecular complexity index is 1230. The van der Waals surface area contributed by atoms with Crippen LogP contribution in [0.25, 0.3) is 10.9 Å². The monoisotopic (exact) mass is 425 g/mol.